The summed E-state index contributed by atoms with van der Waals surface area (Å²) in [7, 11) is 1.67. The molecular weight excluding hydrogens is 398 g/mol. The first kappa shape index (κ1) is 21.5. The molecule has 0 aliphatic rings. The van der Waals surface area contributed by atoms with Crippen molar-refractivity contribution in [2.45, 2.75) is 6.92 Å². The van der Waals surface area contributed by atoms with Gasteiger partial charge in [0.05, 0.1) is 11.3 Å². The van der Waals surface area contributed by atoms with Gasteiger partial charge in [-0.05, 0) is 43.3 Å². The highest BCUT2D eigenvalue weighted by atomic mass is 16.5. The molecule has 2 aromatic carbocycles. The van der Waals surface area contributed by atoms with E-state index in [9.17, 15) is 19.2 Å². The molecule has 0 bridgehead atoms. The Morgan fingerprint density at radius 1 is 0.935 bits per heavy atom. The van der Waals surface area contributed by atoms with Gasteiger partial charge in [-0.3, -0.25) is 19.7 Å². The molecular formula is C23H21N3O5. The third-order valence-corrected chi connectivity index (χ3v) is 4.44. The summed E-state index contributed by atoms with van der Waals surface area (Å²) < 4.78 is 6.58. The number of nitrogens with zero attached hydrogens (tertiary/aromatic N) is 1. The van der Waals surface area contributed by atoms with Gasteiger partial charge in [0.2, 0.25) is 0 Å². The summed E-state index contributed by atoms with van der Waals surface area (Å²) in [5.41, 5.74) is 2.01. The summed E-state index contributed by atoms with van der Waals surface area (Å²) in [6.45, 7) is 1.23. The molecule has 0 unspecified atom stereocenters. The number of ether oxygens (including phenoxy) is 1. The van der Waals surface area contributed by atoms with E-state index < -0.39 is 24.4 Å². The number of carbonyl (C=O) groups excluding carboxylic acids is 4. The Labute approximate surface area is 178 Å². The Balaban J connectivity index is 1.62. The van der Waals surface area contributed by atoms with E-state index >= 15 is 0 Å². The van der Waals surface area contributed by atoms with Gasteiger partial charge >= 0.3 is 5.97 Å². The molecule has 3 aromatic rings. The van der Waals surface area contributed by atoms with Crippen molar-refractivity contribution in [3.05, 3.63) is 89.2 Å². The van der Waals surface area contributed by atoms with Gasteiger partial charge in [0.1, 0.15) is 5.69 Å². The van der Waals surface area contributed by atoms with Crippen LogP contribution in [-0.4, -0.2) is 34.9 Å². The van der Waals surface area contributed by atoms with Gasteiger partial charge in [0.15, 0.2) is 6.61 Å². The van der Waals surface area contributed by atoms with E-state index in [-0.39, 0.29) is 17.2 Å². The van der Waals surface area contributed by atoms with Crippen LogP contribution in [0.2, 0.25) is 0 Å². The normalized spacial score (nSPS) is 10.3. The van der Waals surface area contributed by atoms with Crippen LogP contribution in [0, 0.1) is 6.92 Å². The second kappa shape index (κ2) is 9.53. The van der Waals surface area contributed by atoms with Crippen molar-refractivity contribution in [2.75, 3.05) is 11.9 Å². The molecule has 0 saturated heterocycles. The number of esters is 1. The van der Waals surface area contributed by atoms with E-state index in [1.165, 1.54) is 6.07 Å². The third-order valence-electron chi connectivity index (χ3n) is 4.44. The van der Waals surface area contributed by atoms with Crippen LogP contribution < -0.4 is 10.6 Å². The monoisotopic (exact) mass is 419 g/mol. The lowest BCUT2D eigenvalue weighted by molar-refractivity contribution is -0.123. The molecule has 0 atom stereocenters. The zero-order valence-corrected chi connectivity index (χ0v) is 17.0. The molecule has 1 heterocycles. The molecule has 0 aliphatic carbocycles. The molecule has 0 fully saturated rings. The molecule has 3 amide bonds. The molecule has 0 saturated carbocycles. The van der Waals surface area contributed by atoms with Crippen LogP contribution in [-0.2, 0) is 16.6 Å². The number of aromatic nitrogens is 1. The lowest BCUT2D eigenvalue weighted by Crippen LogP contribution is -2.35. The van der Waals surface area contributed by atoms with Crippen LogP contribution in [0.25, 0.3) is 0 Å². The number of hydrogen-bond acceptors (Lipinski definition) is 5. The quantitative estimate of drug-likeness (QED) is 0.598. The van der Waals surface area contributed by atoms with Crippen LogP contribution in [0.4, 0.5) is 5.69 Å². The van der Waals surface area contributed by atoms with E-state index in [1.807, 2.05) is 13.0 Å². The zero-order chi connectivity index (χ0) is 22.4. The third kappa shape index (κ3) is 5.45. The number of rotatable bonds is 6. The van der Waals surface area contributed by atoms with Crippen molar-refractivity contribution >= 4 is 29.4 Å². The summed E-state index contributed by atoms with van der Waals surface area (Å²) in [5.74, 6) is -2.54. The average molecular weight is 419 g/mol. The number of benzene rings is 2. The number of aryl methyl sites for hydroxylation is 2. The lowest BCUT2D eigenvalue weighted by Gasteiger charge is -2.11. The van der Waals surface area contributed by atoms with Crippen molar-refractivity contribution in [3.8, 4) is 0 Å². The molecule has 2 N–H and O–H groups in total. The van der Waals surface area contributed by atoms with Crippen molar-refractivity contribution in [1.29, 1.82) is 0 Å². The maximum absolute atomic E-state index is 12.5. The van der Waals surface area contributed by atoms with Gasteiger partial charge in [-0.25, -0.2) is 4.79 Å². The molecule has 31 heavy (non-hydrogen) atoms. The van der Waals surface area contributed by atoms with Crippen LogP contribution in [0.1, 0.15) is 36.8 Å². The van der Waals surface area contributed by atoms with Crippen molar-refractivity contribution in [1.82, 2.24) is 9.88 Å². The maximum atomic E-state index is 12.5. The first-order valence-corrected chi connectivity index (χ1v) is 9.45. The molecule has 158 valence electrons. The fourth-order valence-corrected chi connectivity index (χ4v) is 2.88. The number of hydrogen-bond donors (Lipinski definition) is 2. The highest BCUT2D eigenvalue weighted by molar-refractivity contribution is 6.08. The zero-order valence-electron chi connectivity index (χ0n) is 17.0. The Bertz CT molecular complexity index is 1150. The SMILES string of the molecule is Cc1cccc(C(=O)Nc2ccccc2C(=O)OCC(=O)NC(=O)c2cccn2C)c1. The first-order valence-electron chi connectivity index (χ1n) is 9.45. The number of amides is 3. The summed E-state index contributed by atoms with van der Waals surface area (Å²) in [6.07, 6.45) is 1.67. The van der Waals surface area contributed by atoms with E-state index in [0.717, 1.165) is 5.56 Å². The van der Waals surface area contributed by atoms with E-state index in [1.54, 1.807) is 66.3 Å². The molecule has 0 radical (unpaired) electrons. The van der Waals surface area contributed by atoms with E-state index in [0.29, 0.717) is 11.3 Å². The topological polar surface area (TPSA) is 106 Å². The predicted molar refractivity (Wildman–Crippen MR) is 114 cm³/mol. The van der Waals surface area contributed by atoms with Crippen LogP contribution in [0.15, 0.2) is 66.9 Å². The van der Waals surface area contributed by atoms with Crippen molar-refractivity contribution in [2.24, 2.45) is 7.05 Å². The predicted octanol–water partition coefficient (Wildman–Crippen LogP) is 2.70. The van der Waals surface area contributed by atoms with Crippen molar-refractivity contribution in [3.63, 3.8) is 0 Å². The Morgan fingerprint density at radius 3 is 2.42 bits per heavy atom. The minimum Gasteiger partial charge on any atom is -0.452 e. The fourth-order valence-electron chi connectivity index (χ4n) is 2.88. The van der Waals surface area contributed by atoms with E-state index in [2.05, 4.69) is 10.6 Å². The van der Waals surface area contributed by atoms with Crippen LogP contribution in [0.3, 0.4) is 0 Å². The summed E-state index contributed by atoms with van der Waals surface area (Å²) in [4.78, 5) is 49.0. The standard InChI is InChI=1S/C23H21N3O5/c1-15-7-5-8-16(13-15)21(28)24-18-10-4-3-9-17(18)23(30)31-14-20(27)25-22(29)19-11-6-12-26(19)2/h3-13H,14H2,1-2H3,(H,24,28)(H,25,27,29). The Kier molecular flexibility index (Phi) is 6.61. The highest BCUT2D eigenvalue weighted by Gasteiger charge is 2.18. The Morgan fingerprint density at radius 2 is 1.71 bits per heavy atom. The van der Waals surface area contributed by atoms with E-state index in [4.69, 9.17) is 4.74 Å². The minimum atomic E-state index is -0.804. The molecule has 8 heteroatoms. The second-order valence-corrected chi connectivity index (χ2v) is 6.83. The second-order valence-electron chi connectivity index (χ2n) is 6.83. The maximum Gasteiger partial charge on any atom is 0.340 e. The smallest absolute Gasteiger partial charge is 0.340 e. The van der Waals surface area contributed by atoms with Gasteiger partial charge in [0, 0.05) is 18.8 Å². The van der Waals surface area contributed by atoms with Gasteiger partial charge in [-0.2, -0.15) is 0 Å². The summed E-state index contributed by atoms with van der Waals surface area (Å²) in [6, 6.07) is 16.6. The molecule has 3 rings (SSSR count). The Hall–Kier alpha value is -4.20. The molecule has 1 aromatic heterocycles. The van der Waals surface area contributed by atoms with Crippen molar-refractivity contribution < 1.29 is 23.9 Å². The van der Waals surface area contributed by atoms with Crippen LogP contribution in [0.5, 0.6) is 0 Å². The van der Waals surface area contributed by atoms with Gasteiger partial charge in [-0.1, -0.05) is 29.8 Å². The largest absolute Gasteiger partial charge is 0.452 e. The average Bonchev–Trinajstić information content (AvgIpc) is 3.18. The summed E-state index contributed by atoms with van der Waals surface area (Å²) >= 11 is 0. The van der Waals surface area contributed by atoms with Crippen LogP contribution >= 0.6 is 0 Å². The van der Waals surface area contributed by atoms with Gasteiger partial charge < -0.3 is 14.6 Å². The van der Waals surface area contributed by atoms with Gasteiger partial charge in [0.25, 0.3) is 17.7 Å². The number of nitrogens with one attached hydrogen (secondary N) is 2. The highest BCUT2D eigenvalue weighted by Crippen LogP contribution is 2.18. The molecule has 0 aliphatic heterocycles. The number of anilines is 1. The summed E-state index contributed by atoms with van der Waals surface area (Å²) in [5, 5.41) is 4.84. The minimum absolute atomic E-state index is 0.0880. The first-order chi connectivity index (χ1) is 14.8. The molecule has 8 nitrogen and oxygen atoms in total. The number of imide groups is 1. The number of carbonyl (C=O) groups is 4. The number of para-hydroxylation sites is 1. The molecule has 0 spiro atoms. The fraction of sp³-hybridized carbons (Fsp3) is 0.130. The lowest BCUT2D eigenvalue weighted by atomic mass is 10.1. The van der Waals surface area contributed by atoms with Gasteiger partial charge in [-0.15, -0.1) is 0 Å².